The van der Waals surface area contributed by atoms with Crippen molar-refractivity contribution in [3.8, 4) is 17.4 Å². The van der Waals surface area contributed by atoms with Crippen molar-refractivity contribution in [2.45, 2.75) is 13.5 Å². The van der Waals surface area contributed by atoms with E-state index in [9.17, 15) is 20.0 Å². The number of rotatable bonds is 6. The molecular weight excluding hydrogens is 374 g/mol. The van der Waals surface area contributed by atoms with Crippen LogP contribution in [0.5, 0.6) is 17.4 Å². The Kier molecular flexibility index (Phi) is 5.09. The molecule has 0 bridgehead atoms. The van der Waals surface area contributed by atoms with Gasteiger partial charge in [-0.05, 0) is 43.3 Å². The first-order chi connectivity index (χ1) is 12.9. The first-order valence-corrected chi connectivity index (χ1v) is 8.30. The number of hydrogen-bond acceptors (Lipinski definition) is 6. The lowest BCUT2D eigenvalue weighted by molar-refractivity contribution is -0.385. The topological polar surface area (TPSA) is 107 Å². The van der Waals surface area contributed by atoms with E-state index in [4.69, 9.17) is 16.3 Å². The molecule has 138 valence electrons. The summed E-state index contributed by atoms with van der Waals surface area (Å²) in [5, 5.41) is 26.1. The van der Waals surface area contributed by atoms with Crippen LogP contribution in [-0.4, -0.2) is 25.6 Å². The minimum atomic E-state index is -0.722. The van der Waals surface area contributed by atoms with Gasteiger partial charge >= 0.3 is 5.69 Å². The van der Waals surface area contributed by atoms with E-state index in [0.717, 1.165) is 0 Å². The van der Waals surface area contributed by atoms with Crippen molar-refractivity contribution in [2.24, 2.45) is 0 Å². The van der Waals surface area contributed by atoms with Crippen LogP contribution in [-0.2, 0) is 6.54 Å². The Morgan fingerprint density at radius 1 is 1.26 bits per heavy atom. The highest BCUT2D eigenvalue weighted by atomic mass is 35.5. The van der Waals surface area contributed by atoms with Gasteiger partial charge in [0, 0.05) is 11.6 Å². The Morgan fingerprint density at radius 2 is 1.96 bits per heavy atom. The Labute approximate surface area is 158 Å². The standard InChI is InChI=1S/C18H14ClN3O5/c1-2-21-18(24)14(10-20-21)17(23)13-4-3-5-15(16(13)22(25)26)27-12-8-6-11(19)7-9-12/h3-10,24H,2H2,1H3. The smallest absolute Gasteiger partial charge is 0.322 e. The molecule has 0 fully saturated rings. The molecule has 1 N–H and O–H groups in total. The molecule has 0 spiro atoms. The number of hydrogen-bond donors (Lipinski definition) is 1. The number of halogens is 1. The summed E-state index contributed by atoms with van der Waals surface area (Å²) >= 11 is 5.82. The number of benzene rings is 2. The summed E-state index contributed by atoms with van der Waals surface area (Å²) in [4.78, 5) is 23.7. The largest absolute Gasteiger partial charge is 0.493 e. The van der Waals surface area contributed by atoms with Crippen molar-refractivity contribution in [1.82, 2.24) is 9.78 Å². The van der Waals surface area contributed by atoms with Crippen LogP contribution in [0.25, 0.3) is 0 Å². The molecule has 0 aliphatic carbocycles. The van der Waals surface area contributed by atoms with Gasteiger partial charge in [0.15, 0.2) is 0 Å². The quantitative estimate of drug-likeness (QED) is 0.386. The van der Waals surface area contributed by atoms with Crippen LogP contribution in [0.15, 0.2) is 48.7 Å². The molecule has 0 aliphatic heterocycles. The Morgan fingerprint density at radius 3 is 2.56 bits per heavy atom. The fourth-order valence-electron chi connectivity index (χ4n) is 2.52. The number of ketones is 1. The fraction of sp³-hybridized carbons (Fsp3) is 0.111. The third-order valence-electron chi connectivity index (χ3n) is 3.82. The van der Waals surface area contributed by atoms with Crippen LogP contribution >= 0.6 is 11.6 Å². The van der Waals surface area contributed by atoms with Gasteiger partial charge in [-0.3, -0.25) is 14.9 Å². The van der Waals surface area contributed by atoms with E-state index >= 15 is 0 Å². The maximum Gasteiger partial charge on any atom is 0.322 e. The van der Waals surface area contributed by atoms with Crippen molar-refractivity contribution in [3.63, 3.8) is 0 Å². The van der Waals surface area contributed by atoms with E-state index in [0.29, 0.717) is 17.3 Å². The summed E-state index contributed by atoms with van der Waals surface area (Å²) in [6.45, 7) is 2.09. The molecule has 3 rings (SSSR count). The lowest BCUT2D eigenvalue weighted by atomic mass is 10.0. The molecule has 0 unspecified atom stereocenters. The lowest BCUT2D eigenvalue weighted by Crippen LogP contribution is -2.07. The Balaban J connectivity index is 2.05. The van der Waals surface area contributed by atoms with Gasteiger partial charge in [-0.2, -0.15) is 5.10 Å². The van der Waals surface area contributed by atoms with Gasteiger partial charge in [0.25, 0.3) is 0 Å². The molecule has 0 saturated heterocycles. The van der Waals surface area contributed by atoms with Crippen molar-refractivity contribution >= 4 is 23.1 Å². The van der Waals surface area contributed by atoms with Crippen molar-refractivity contribution < 1.29 is 19.6 Å². The third kappa shape index (κ3) is 3.61. The molecule has 2 aromatic carbocycles. The van der Waals surface area contributed by atoms with Crippen LogP contribution in [0.1, 0.15) is 22.8 Å². The first-order valence-electron chi connectivity index (χ1n) is 7.92. The average molecular weight is 388 g/mol. The predicted molar refractivity (Wildman–Crippen MR) is 97.6 cm³/mol. The number of carbonyl (C=O) groups excluding carboxylic acids is 1. The number of nitrogens with zero attached hydrogens (tertiary/aromatic N) is 3. The van der Waals surface area contributed by atoms with Gasteiger partial charge in [0.2, 0.25) is 17.4 Å². The summed E-state index contributed by atoms with van der Waals surface area (Å²) in [5.41, 5.74) is -0.831. The van der Waals surface area contributed by atoms with Crippen LogP contribution < -0.4 is 4.74 Å². The highest BCUT2D eigenvalue weighted by Crippen LogP contribution is 2.36. The minimum absolute atomic E-state index is 0.101. The molecular formula is C18H14ClN3O5. The van der Waals surface area contributed by atoms with Crippen molar-refractivity contribution in [1.29, 1.82) is 0 Å². The van der Waals surface area contributed by atoms with Crippen molar-refractivity contribution in [3.05, 3.63) is 74.9 Å². The van der Waals surface area contributed by atoms with E-state index in [-0.39, 0.29) is 22.8 Å². The number of nitro benzene ring substituents is 1. The molecule has 3 aromatic rings. The zero-order chi connectivity index (χ0) is 19.6. The second kappa shape index (κ2) is 7.46. The average Bonchev–Trinajstić information content (AvgIpc) is 3.03. The summed E-state index contributed by atoms with van der Waals surface area (Å²) in [5.74, 6) is -0.842. The van der Waals surface area contributed by atoms with Crippen molar-refractivity contribution in [2.75, 3.05) is 0 Å². The van der Waals surface area contributed by atoms with Gasteiger partial charge in [0.05, 0.1) is 11.1 Å². The highest BCUT2D eigenvalue weighted by molar-refractivity contribution is 6.30. The molecule has 9 heteroatoms. The zero-order valence-electron chi connectivity index (χ0n) is 14.1. The fourth-order valence-corrected chi connectivity index (χ4v) is 2.65. The number of aryl methyl sites for hydroxylation is 1. The van der Waals surface area contributed by atoms with Crippen LogP contribution in [0.4, 0.5) is 5.69 Å². The molecule has 0 aliphatic rings. The van der Waals surface area contributed by atoms with E-state index in [1.807, 2.05) is 0 Å². The number of carbonyl (C=O) groups is 1. The molecule has 0 atom stereocenters. The predicted octanol–water partition coefficient (Wildman–Crippen LogP) is 4.19. The van der Waals surface area contributed by atoms with Gasteiger partial charge in [-0.15, -0.1) is 0 Å². The molecule has 0 amide bonds. The maximum atomic E-state index is 12.8. The van der Waals surface area contributed by atoms with Crippen LogP contribution in [0.2, 0.25) is 5.02 Å². The maximum absolute atomic E-state index is 12.8. The summed E-state index contributed by atoms with van der Waals surface area (Å²) < 4.78 is 6.79. The van der Waals surface area contributed by atoms with E-state index in [1.165, 1.54) is 29.1 Å². The number of nitro groups is 1. The molecule has 0 saturated carbocycles. The number of ether oxygens (including phenoxy) is 1. The number of para-hydroxylation sites is 1. The Bertz CT molecular complexity index is 1010. The molecule has 1 aromatic heterocycles. The lowest BCUT2D eigenvalue weighted by Gasteiger charge is -2.09. The summed E-state index contributed by atoms with van der Waals surface area (Å²) in [7, 11) is 0. The molecule has 27 heavy (non-hydrogen) atoms. The second-order valence-electron chi connectivity index (χ2n) is 5.49. The van der Waals surface area contributed by atoms with E-state index < -0.39 is 16.4 Å². The molecule has 1 heterocycles. The molecule has 8 nitrogen and oxygen atoms in total. The van der Waals surface area contributed by atoms with E-state index in [1.54, 1.807) is 31.2 Å². The zero-order valence-corrected chi connectivity index (χ0v) is 14.9. The summed E-state index contributed by atoms with van der Waals surface area (Å²) in [6, 6.07) is 10.4. The minimum Gasteiger partial charge on any atom is -0.493 e. The monoisotopic (exact) mass is 387 g/mol. The van der Waals surface area contributed by atoms with Gasteiger partial charge in [0.1, 0.15) is 16.9 Å². The normalized spacial score (nSPS) is 10.6. The molecule has 0 radical (unpaired) electrons. The van der Waals surface area contributed by atoms with Gasteiger partial charge in [-0.25, -0.2) is 4.68 Å². The highest BCUT2D eigenvalue weighted by Gasteiger charge is 2.29. The first kappa shape index (κ1) is 18.4. The van der Waals surface area contributed by atoms with Gasteiger partial charge < -0.3 is 9.84 Å². The number of aromatic nitrogens is 2. The van der Waals surface area contributed by atoms with Crippen LogP contribution in [0.3, 0.4) is 0 Å². The summed E-state index contributed by atoms with van der Waals surface area (Å²) in [6.07, 6.45) is 1.18. The second-order valence-corrected chi connectivity index (χ2v) is 5.93. The van der Waals surface area contributed by atoms with E-state index in [2.05, 4.69) is 5.10 Å². The third-order valence-corrected chi connectivity index (χ3v) is 4.08. The number of aromatic hydroxyl groups is 1. The Hall–Kier alpha value is -3.39. The van der Waals surface area contributed by atoms with Crippen LogP contribution in [0, 0.1) is 10.1 Å². The van der Waals surface area contributed by atoms with Gasteiger partial charge in [-0.1, -0.05) is 17.7 Å². The SMILES string of the molecule is CCn1ncc(C(=O)c2cccc(Oc3ccc(Cl)cc3)c2[N+](=O)[O-])c1O.